The first-order valence-corrected chi connectivity index (χ1v) is 5.56. The molecule has 0 aliphatic rings. The molecule has 0 aliphatic carbocycles. The van der Waals surface area contributed by atoms with Crippen LogP contribution in [0.1, 0.15) is 6.92 Å². The second kappa shape index (κ2) is 6.95. The van der Waals surface area contributed by atoms with Crippen LogP contribution in [0.3, 0.4) is 0 Å². The molecule has 0 rings (SSSR count). The van der Waals surface area contributed by atoms with Gasteiger partial charge in [-0.25, -0.2) is 0 Å². The van der Waals surface area contributed by atoms with Crippen molar-refractivity contribution in [3.8, 4) is 11.5 Å². The van der Waals surface area contributed by atoms with Gasteiger partial charge < -0.3 is 19.0 Å². The molecule has 0 aromatic rings. The van der Waals surface area contributed by atoms with Crippen LogP contribution in [-0.2, 0) is 0 Å². The van der Waals surface area contributed by atoms with Crippen molar-refractivity contribution in [1.29, 1.82) is 0 Å². The summed E-state index contributed by atoms with van der Waals surface area (Å²) in [5.41, 5.74) is 3.06. The average Bonchev–Trinajstić information content (AvgIpc) is 1.30. The molecule has 0 aromatic carbocycles. The Bertz CT molecular complexity index is 106. The van der Waals surface area contributed by atoms with Crippen molar-refractivity contribution in [2.45, 2.75) is 20.0 Å². The quantitative estimate of drug-likeness (QED) is 0.230. The Balaban J connectivity index is -0.000000180. The second-order valence-corrected chi connectivity index (χ2v) is 6.28. The Morgan fingerprint density at radius 3 is 1.67 bits per heavy atom. The van der Waals surface area contributed by atoms with Gasteiger partial charge in [-0.05, 0) is 15.0 Å². The first kappa shape index (κ1) is 16.4. The van der Waals surface area contributed by atoms with E-state index in [0.717, 1.165) is 0 Å². The van der Waals surface area contributed by atoms with E-state index < -0.39 is 8.07 Å². The number of rotatable bonds is 0. The van der Waals surface area contributed by atoms with Gasteiger partial charge in [-0.3, -0.25) is 0 Å². The van der Waals surface area contributed by atoms with Crippen molar-refractivity contribution in [2.75, 3.05) is 0 Å². The van der Waals surface area contributed by atoms with Crippen LogP contribution in [0.15, 0.2) is 0 Å². The van der Waals surface area contributed by atoms with Crippen LogP contribution in [0.5, 0.6) is 0 Å². The minimum atomic E-state index is -1.27. The predicted octanol–water partition coefficient (Wildman–Crippen LogP) is -1.75. The van der Waals surface area contributed by atoms with Gasteiger partial charge in [0.15, 0.2) is 0 Å². The van der Waals surface area contributed by atoms with Crippen molar-refractivity contribution in [3.05, 3.63) is 6.55 Å². The van der Waals surface area contributed by atoms with Crippen molar-refractivity contribution in [2.24, 2.45) is 0 Å². The fourth-order valence-corrected chi connectivity index (χ4v) is 1.02. The molecule has 0 unspecified atom stereocenters. The molecular weight excluding hydrogens is 160 g/mol. The zero-order valence-corrected chi connectivity index (χ0v) is 9.46. The van der Waals surface area contributed by atoms with E-state index in [9.17, 15) is 0 Å². The van der Waals surface area contributed by atoms with Crippen LogP contribution in [0.2, 0.25) is 13.1 Å². The first-order chi connectivity index (χ1) is 3.06. The van der Waals surface area contributed by atoms with E-state index >= 15 is 0 Å². The van der Waals surface area contributed by atoms with E-state index in [-0.39, 0.29) is 35.5 Å². The molecule has 0 aromatic heterocycles. The maximum atomic E-state index is 3.93. The summed E-state index contributed by atoms with van der Waals surface area (Å²) in [6.07, 6.45) is 0. The van der Waals surface area contributed by atoms with Crippen molar-refractivity contribution < 1.29 is 12.4 Å². The normalized spacial score (nSPS) is 7.56. The largest absolute Gasteiger partial charge is 2.00 e. The fourth-order valence-electron chi connectivity index (χ4n) is 0.338. The van der Waals surface area contributed by atoms with Gasteiger partial charge in [0, 0.05) is 0 Å². The molecule has 48 valence electrons. The van der Waals surface area contributed by atoms with E-state index in [4.69, 9.17) is 0 Å². The molecule has 0 radical (unpaired) electrons. The van der Waals surface area contributed by atoms with Crippen molar-refractivity contribution in [1.82, 2.24) is 0 Å². The Labute approximate surface area is 81.4 Å². The standard InChI is InChI=1S/C6H11Si.ClH.Mg/c1-5-6-7(2,3)4;;/h2H2,1,3-4H3;1H;/q-1;;+2/p-1. The maximum absolute atomic E-state index is 3.93. The maximum Gasteiger partial charge on any atom is 2.00 e. The Morgan fingerprint density at radius 1 is 1.33 bits per heavy atom. The summed E-state index contributed by atoms with van der Waals surface area (Å²) in [4.78, 5) is 0. The Kier molecular flexibility index (Phi) is 12.7. The third-order valence-corrected chi connectivity index (χ3v) is 1.39. The summed E-state index contributed by atoms with van der Waals surface area (Å²) < 4.78 is 0. The van der Waals surface area contributed by atoms with Crippen LogP contribution < -0.4 is 12.4 Å². The molecular formula is C6H11ClMgSi. The first-order valence-electron chi connectivity index (χ1n) is 2.35. The van der Waals surface area contributed by atoms with Gasteiger partial charge >= 0.3 is 23.1 Å². The van der Waals surface area contributed by atoms with Crippen LogP contribution in [0.4, 0.5) is 0 Å². The molecule has 0 N–H and O–H groups in total. The summed E-state index contributed by atoms with van der Waals surface area (Å²) in [6, 6.07) is 0. The third kappa shape index (κ3) is 17.7. The van der Waals surface area contributed by atoms with Gasteiger partial charge in [-0.2, -0.15) is 5.54 Å². The van der Waals surface area contributed by atoms with Gasteiger partial charge in [0.1, 0.15) is 0 Å². The molecule has 0 saturated heterocycles. The number of hydrogen-bond donors (Lipinski definition) is 0. The summed E-state index contributed by atoms with van der Waals surface area (Å²) in [6.45, 7) is 10.0. The molecule has 0 atom stereocenters. The van der Waals surface area contributed by atoms with Crippen molar-refractivity contribution >= 4 is 31.1 Å². The molecule has 3 heteroatoms. The second-order valence-electron chi connectivity index (χ2n) is 2.26. The van der Waals surface area contributed by atoms with Gasteiger partial charge in [0.05, 0.1) is 0 Å². The van der Waals surface area contributed by atoms with E-state index in [2.05, 4.69) is 31.1 Å². The van der Waals surface area contributed by atoms with Crippen LogP contribution >= 0.6 is 0 Å². The fraction of sp³-hybridized carbons (Fsp3) is 0.500. The Morgan fingerprint density at radius 2 is 1.67 bits per heavy atom. The van der Waals surface area contributed by atoms with Crippen LogP contribution in [0, 0.1) is 18.0 Å². The molecule has 0 bridgehead atoms. The molecule has 0 saturated carbocycles. The average molecular weight is 171 g/mol. The summed E-state index contributed by atoms with van der Waals surface area (Å²) in [7, 11) is -1.27. The molecule has 0 aliphatic heterocycles. The summed E-state index contributed by atoms with van der Waals surface area (Å²) >= 11 is 0. The minimum Gasteiger partial charge on any atom is -1.00 e. The summed E-state index contributed by atoms with van der Waals surface area (Å²) in [5, 5.41) is 0. The van der Waals surface area contributed by atoms with Crippen molar-refractivity contribution in [3.63, 3.8) is 0 Å². The number of hydrogen-bond acceptors (Lipinski definition) is 0. The Hall–Kier alpha value is 0.833. The van der Waals surface area contributed by atoms with Gasteiger partial charge in [-0.15, -0.1) is 5.92 Å². The SMILES string of the molecule is [CH2-][Si](C)(C)C#CC.[Cl-].[Mg+2]. The molecule has 0 fully saturated rings. The van der Waals surface area contributed by atoms with Gasteiger partial charge in [-0.1, -0.05) is 13.1 Å². The topological polar surface area (TPSA) is 0 Å². The molecule has 0 heterocycles. The van der Waals surface area contributed by atoms with Gasteiger partial charge in [0.2, 0.25) is 0 Å². The van der Waals surface area contributed by atoms with E-state index in [0.29, 0.717) is 0 Å². The number of halogens is 1. The van der Waals surface area contributed by atoms with Crippen LogP contribution in [0.25, 0.3) is 0 Å². The third-order valence-electron chi connectivity index (χ3n) is 0.463. The van der Waals surface area contributed by atoms with E-state index in [1.165, 1.54) is 0 Å². The smallest absolute Gasteiger partial charge is 1.00 e. The van der Waals surface area contributed by atoms with E-state index in [1.54, 1.807) is 0 Å². The molecule has 0 nitrogen and oxygen atoms in total. The predicted molar refractivity (Wildman–Crippen MR) is 42.0 cm³/mol. The van der Waals surface area contributed by atoms with Gasteiger partial charge in [0.25, 0.3) is 0 Å². The zero-order valence-electron chi connectivity index (χ0n) is 6.29. The molecule has 0 amide bonds. The van der Waals surface area contributed by atoms with E-state index in [1.807, 2.05) is 6.92 Å². The summed E-state index contributed by atoms with van der Waals surface area (Å²) in [5.74, 6) is 2.86. The molecule has 9 heavy (non-hydrogen) atoms. The molecule has 0 spiro atoms. The monoisotopic (exact) mass is 170 g/mol. The minimum absolute atomic E-state index is 0. The zero-order chi connectivity index (χ0) is 5.91. The van der Waals surface area contributed by atoms with Crippen LogP contribution in [-0.4, -0.2) is 31.1 Å².